The second kappa shape index (κ2) is 9.54. The van der Waals surface area contributed by atoms with E-state index in [1.54, 1.807) is 0 Å². The van der Waals surface area contributed by atoms with Crippen LogP contribution in [0.2, 0.25) is 0 Å². The predicted molar refractivity (Wildman–Crippen MR) is 137 cm³/mol. The molecule has 0 saturated carbocycles. The lowest BCUT2D eigenvalue weighted by Gasteiger charge is -2.36. The number of carbonyl (C=O) groups excluding carboxylic acids is 1. The Kier molecular flexibility index (Phi) is 6.11. The lowest BCUT2D eigenvalue weighted by atomic mass is 10.1. The first-order valence-corrected chi connectivity index (χ1v) is 13.0. The summed E-state index contributed by atoms with van der Waals surface area (Å²) in [5.41, 5.74) is 3.76. The van der Waals surface area contributed by atoms with E-state index in [9.17, 15) is 9.59 Å². The third-order valence-corrected chi connectivity index (χ3v) is 7.69. The molecule has 182 valence electrons. The molecule has 0 atom stereocenters. The maximum Gasteiger partial charge on any atom is 0.276 e. The highest BCUT2D eigenvalue weighted by atomic mass is 32.1. The average molecular weight is 493 g/mol. The molecule has 1 aromatic carbocycles. The Morgan fingerprint density at radius 2 is 1.71 bits per heavy atom. The first-order chi connectivity index (χ1) is 17.1. The Morgan fingerprint density at radius 3 is 2.51 bits per heavy atom. The zero-order valence-corrected chi connectivity index (χ0v) is 20.3. The van der Waals surface area contributed by atoms with E-state index in [0.29, 0.717) is 17.0 Å². The zero-order valence-electron chi connectivity index (χ0n) is 19.5. The summed E-state index contributed by atoms with van der Waals surface area (Å²) in [5, 5.41) is 4.73. The van der Waals surface area contributed by atoms with Crippen molar-refractivity contribution >= 4 is 39.2 Å². The number of hydrogen-bond donors (Lipinski definition) is 2. The van der Waals surface area contributed by atoms with Gasteiger partial charge in [-0.2, -0.15) is 0 Å². The summed E-state index contributed by atoms with van der Waals surface area (Å²) in [6.45, 7) is 9.00. The van der Waals surface area contributed by atoms with Gasteiger partial charge in [0, 0.05) is 79.6 Å². The number of thiophene rings is 1. The van der Waals surface area contributed by atoms with Crippen LogP contribution in [0.3, 0.4) is 0 Å². The number of amides is 1. The van der Waals surface area contributed by atoms with Gasteiger partial charge in [-0.1, -0.05) is 6.07 Å². The van der Waals surface area contributed by atoms with Crippen LogP contribution in [0.5, 0.6) is 0 Å². The molecule has 0 spiro atoms. The fourth-order valence-electron chi connectivity index (χ4n) is 4.86. The zero-order chi connectivity index (χ0) is 23.8. The van der Waals surface area contributed by atoms with Crippen molar-refractivity contribution in [3.05, 3.63) is 50.9 Å². The molecule has 3 aromatic heterocycles. The molecule has 5 heterocycles. The lowest BCUT2D eigenvalue weighted by molar-refractivity contribution is 0.0293. The molecule has 6 rings (SSSR count). The van der Waals surface area contributed by atoms with E-state index in [1.165, 1.54) is 11.3 Å². The number of carbonyl (C=O) groups is 1. The van der Waals surface area contributed by atoms with E-state index in [1.807, 2.05) is 39.9 Å². The summed E-state index contributed by atoms with van der Waals surface area (Å²) in [6.07, 6.45) is 0. The topological polar surface area (TPSA) is 97.6 Å². The molecule has 0 radical (unpaired) electrons. The minimum Gasteiger partial charge on any atom is -0.379 e. The first-order valence-electron chi connectivity index (χ1n) is 12.1. The van der Waals surface area contributed by atoms with Crippen molar-refractivity contribution in [2.75, 3.05) is 65.6 Å². The van der Waals surface area contributed by atoms with E-state index in [-0.39, 0.29) is 11.5 Å². The number of aromatic nitrogens is 3. The molecule has 2 N–H and O–H groups in total. The summed E-state index contributed by atoms with van der Waals surface area (Å²) in [6, 6.07) is 7.58. The fourth-order valence-corrected chi connectivity index (χ4v) is 5.55. The monoisotopic (exact) mass is 492 g/mol. The molecule has 4 aromatic rings. The Morgan fingerprint density at radius 1 is 0.943 bits per heavy atom. The van der Waals surface area contributed by atoms with Gasteiger partial charge in [-0.25, -0.2) is 4.98 Å². The largest absolute Gasteiger partial charge is 0.379 e. The third-order valence-electron chi connectivity index (χ3n) is 6.96. The Hall–Kier alpha value is -3.05. The van der Waals surface area contributed by atoms with Crippen LogP contribution in [-0.4, -0.2) is 101 Å². The van der Waals surface area contributed by atoms with Crippen molar-refractivity contribution in [2.45, 2.75) is 0 Å². The SMILES string of the molecule is O=C(c1ccc2cc(-c3nc4cscc4[nH]c3=O)[nH]c2c1)N1CCN(CCN2CCOCC2)CC1. The van der Waals surface area contributed by atoms with Crippen molar-refractivity contribution in [1.82, 2.24) is 29.7 Å². The molecule has 2 saturated heterocycles. The summed E-state index contributed by atoms with van der Waals surface area (Å²) < 4.78 is 5.42. The Labute approximate surface area is 206 Å². The van der Waals surface area contributed by atoms with Crippen molar-refractivity contribution in [1.29, 1.82) is 0 Å². The van der Waals surface area contributed by atoms with Gasteiger partial charge < -0.3 is 19.6 Å². The summed E-state index contributed by atoms with van der Waals surface area (Å²) in [7, 11) is 0. The molecule has 0 aliphatic carbocycles. The standard InChI is InChI=1S/C25H28N6O3S/c32-24-23(27-21-15-35-16-22(21)28-24)20-13-17-1-2-18(14-19(17)26-20)25(33)31-7-5-29(6-8-31)3-4-30-9-11-34-12-10-30/h1-2,13-16,26H,3-12H2,(H,28,32). The van der Waals surface area contributed by atoms with E-state index in [2.05, 4.69) is 24.8 Å². The Balaban J connectivity index is 1.13. The minimum atomic E-state index is -0.231. The van der Waals surface area contributed by atoms with Crippen molar-refractivity contribution in [3.63, 3.8) is 0 Å². The van der Waals surface area contributed by atoms with Crippen molar-refractivity contribution in [2.24, 2.45) is 0 Å². The number of hydrogen-bond acceptors (Lipinski definition) is 7. The normalized spacial score (nSPS) is 18.0. The van der Waals surface area contributed by atoms with Crippen LogP contribution < -0.4 is 5.56 Å². The van der Waals surface area contributed by atoms with Gasteiger partial charge in [-0.15, -0.1) is 11.3 Å². The summed E-state index contributed by atoms with van der Waals surface area (Å²) >= 11 is 1.50. The number of H-pyrrole nitrogens is 2. The van der Waals surface area contributed by atoms with Gasteiger partial charge in [-0.05, 0) is 18.2 Å². The number of piperazine rings is 1. The van der Waals surface area contributed by atoms with Gasteiger partial charge in [0.2, 0.25) is 0 Å². The third kappa shape index (κ3) is 4.62. The van der Waals surface area contributed by atoms with Gasteiger partial charge in [0.05, 0.1) is 29.9 Å². The Bertz CT molecular complexity index is 1410. The maximum atomic E-state index is 13.2. The maximum absolute atomic E-state index is 13.2. The summed E-state index contributed by atoms with van der Waals surface area (Å²) in [4.78, 5) is 43.3. The highest BCUT2D eigenvalue weighted by molar-refractivity contribution is 7.09. The summed E-state index contributed by atoms with van der Waals surface area (Å²) in [5.74, 6) is 0.0477. The van der Waals surface area contributed by atoms with Crippen molar-refractivity contribution < 1.29 is 9.53 Å². The van der Waals surface area contributed by atoms with Gasteiger partial charge in [0.15, 0.2) is 5.69 Å². The van der Waals surface area contributed by atoms with Gasteiger partial charge in [0.1, 0.15) is 0 Å². The lowest BCUT2D eigenvalue weighted by Crippen LogP contribution is -2.51. The number of morpholine rings is 1. The number of fused-ring (bicyclic) bond motifs is 2. The molecule has 9 nitrogen and oxygen atoms in total. The van der Waals surface area contributed by atoms with Crippen LogP contribution in [-0.2, 0) is 4.74 Å². The average Bonchev–Trinajstić information content (AvgIpc) is 3.53. The number of aromatic amines is 2. The van der Waals surface area contributed by atoms with Crippen LogP contribution in [0, 0.1) is 0 Å². The number of rotatable bonds is 5. The van der Waals surface area contributed by atoms with Gasteiger partial charge >= 0.3 is 0 Å². The number of nitrogens with one attached hydrogen (secondary N) is 2. The van der Waals surface area contributed by atoms with E-state index in [0.717, 1.165) is 87.5 Å². The van der Waals surface area contributed by atoms with Crippen LogP contribution in [0.15, 0.2) is 39.8 Å². The molecule has 2 aliphatic rings. The molecule has 10 heteroatoms. The minimum absolute atomic E-state index is 0.0477. The van der Waals surface area contributed by atoms with Crippen molar-refractivity contribution in [3.8, 4) is 11.4 Å². The molecule has 35 heavy (non-hydrogen) atoms. The predicted octanol–water partition coefficient (Wildman–Crippen LogP) is 2.22. The van der Waals surface area contributed by atoms with Crippen LogP contribution in [0.4, 0.5) is 0 Å². The molecular weight excluding hydrogens is 464 g/mol. The second-order valence-corrected chi connectivity index (χ2v) is 9.90. The molecule has 0 unspecified atom stereocenters. The highest BCUT2D eigenvalue weighted by Gasteiger charge is 2.23. The van der Waals surface area contributed by atoms with Crippen LogP contribution in [0.25, 0.3) is 33.3 Å². The second-order valence-electron chi connectivity index (χ2n) is 9.16. The van der Waals surface area contributed by atoms with E-state index in [4.69, 9.17) is 4.74 Å². The molecule has 2 fully saturated rings. The van der Waals surface area contributed by atoms with E-state index >= 15 is 0 Å². The van der Waals surface area contributed by atoms with Gasteiger partial charge in [0.25, 0.3) is 11.5 Å². The molecule has 0 bridgehead atoms. The number of benzene rings is 1. The fraction of sp³-hybridized carbons (Fsp3) is 0.400. The number of nitrogens with zero attached hydrogens (tertiary/aromatic N) is 4. The number of ether oxygens (including phenoxy) is 1. The molecule has 1 amide bonds. The van der Waals surface area contributed by atoms with Gasteiger partial charge in [-0.3, -0.25) is 19.4 Å². The van der Waals surface area contributed by atoms with Crippen LogP contribution in [0.1, 0.15) is 10.4 Å². The molecule has 2 aliphatic heterocycles. The highest BCUT2D eigenvalue weighted by Crippen LogP contribution is 2.24. The smallest absolute Gasteiger partial charge is 0.276 e. The van der Waals surface area contributed by atoms with Crippen LogP contribution >= 0.6 is 11.3 Å². The first kappa shape index (κ1) is 22.4. The quantitative estimate of drug-likeness (QED) is 0.444. The van der Waals surface area contributed by atoms with E-state index < -0.39 is 0 Å². The molecular formula is C25H28N6O3S.